The normalized spacial score (nSPS) is 11.8. The summed E-state index contributed by atoms with van der Waals surface area (Å²) < 4.78 is 1.07. The maximum Gasteiger partial charge on any atom is 0.489 e. The van der Waals surface area contributed by atoms with Gasteiger partial charge in [0.2, 0.25) is 0 Å². The van der Waals surface area contributed by atoms with Crippen LogP contribution in [0.3, 0.4) is 0 Å². The minimum atomic E-state index is -1.44. The second-order valence-electron chi connectivity index (χ2n) is 27.0. The van der Waals surface area contributed by atoms with Crippen LogP contribution in [0.15, 0.2) is 344 Å². The van der Waals surface area contributed by atoms with E-state index in [1.54, 1.807) is 6.07 Å². The zero-order chi connectivity index (χ0) is 69.1. The number of rotatable bonds is 8. The van der Waals surface area contributed by atoms with Crippen LogP contribution in [0.25, 0.3) is 208 Å². The van der Waals surface area contributed by atoms with E-state index in [2.05, 4.69) is 289 Å². The second kappa shape index (κ2) is 24.8. The molecule has 0 fully saturated rings. The molecule has 0 aliphatic heterocycles. The lowest BCUT2D eigenvalue weighted by Crippen LogP contribution is -2.30. The maximum atomic E-state index is 9.51. The van der Waals surface area contributed by atoms with Gasteiger partial charge >= 0.3 is 7.12 Å². The van der Waals surface area contributed by atoms with E-state index in [0.717, 1.165) is 76.2 Å². The maximum absolute atomic E-state index is 9.51. The van der Waals surface area contributed by atoms with E-state index in [0.29, 0.717) is 5.46 Å². The van der Waals surface area contributed by atoms with Crippen LogP contribution >= 0.6 is 15.9 Å². The highest BCUT2D eigenvalue weighted by atomic mass is 79.9. The Kier molecular flexibility index (Phi) is 14.5. The van der Waals surface area contributed by atoms with Crippen LogP contribution < -0.4 is 5.46 Å². The van der Waals surface area contributed by atoms with Crippen molar-refractivity contribution in [2.24, 2.45) is 0 Å². The lowest BCUT2D eigenvalue weighted by Gasteiger charge is -2.19. The van der Waals surface area contributed by atoms with Gasteiger partial charge in [0.15, 0.2) is 11.6 Å². The predicted octanol–water partition coefficient (Wildman–Crippen LogP) is 24.3. The number of halogens is 1. The average molecular weight is 1390 g/mol. The minimum Gasteiger partial charge on any atom is -0.423 e. The fraction of sp³-hybridized carbons (Fsp3) is 0. The highest BCUT2D eigenvalue weighted by molar-refractivity contribution is 9.10. The molecular formula is C96H58BBrN4O2. The molecule has 0 amide bonds. The molecule has 0 radical (unpaired) electrons. The quantitative estimate of drug-likeness (QED) is 0.116. The fourth-order valence-corrected chi connectivity index (χ4v) is 16.8. The molecule has 104 heavy (non-hydrogen) atoms. The van der Waals surface area contributed by atoms with Crippen molar-refractivity contribution in [1.82, 2.24) is 19.9 Å². The zero-order valence-electron chi connectivity index (χ0n) is 56.0. The van der Waals surface area contributed by atoms with Crippen molar-refractivity contribution in [3.8, 4) is 78.4 Å². The molecule has 20 aromatic carbocycles. The van der Waals surface area contributed by atoms with E-state index in [1.165, 1.54) is 136 Å². The van der Waals surface area contributed by atoms with Crippen LogP contribution in [0.2, 0.25) is 0 Å². The lowest BCUT2D eigenvalue weighted by atomic mass is 9.75. The molecule has 22 rings (SSSR count). The summed E-state index contributed by atoms with van der Waals surface area (Å²) in [5, 5.41) is 43.1. The molecule has 0 unspecified atom stereocenters. The molecule has 2 N–H and O–H groups in total. The van der Waals surface area contributed by atoms with Crippen LogP contribution in [0.1, 0.15) is 0 Å². The zero-order valence-corrected chi connectivity index (χ0v) is 57.6. The van der Waals surface area contributed by atoms with Gasteiger partial charge in [-0.25, -0.2) is 19.9 Å². The van der Waals surface area contributed by atoms with Gasteiger partial charge in [-0.1, -0.05) is 301 Å². The molecule has 0 bridgehead atoms. The fourth-order valence-electron chi connectivity index (χ4n) is 16.4. The molecule has 0 saturated carbocycles. The van der Waals surface area contributed by atoms with E-state index in [9.17, 15) is 10.0 Å². The molecule has 0 atom stereocenters. The van der Waals surface area contributed by atoms with Crippen molar-refractivity contribution >= 4 is 158 Å². The Bertz CT molecular complexity index is 7010. The number of nitrogens with zero attached hydrogens (tertiary/aromatic N) is 4. The van der Waals surface area contributed by atoms with E-state index in [4.69, 9.17) is 19.9 Å². The summed E-state index contributed by atoms with van der Waals surface area (Å²) in [6, 6.07) is 120. The molecule has 2 aromatic heterocycles. The monoisotopic (exact) mass is 1390 g/mol. The van der Waals surface area contributed by atoms with Gasteiger partial charge in [-0.05, 0) is 202 Å². The Morgan fingerprint density at radius 2 is 0.519 bits per heavy atom. The Labute approximate surface area is 606 Å². The largest absolute Gasteiger partial charge is 0.489 e. The first kappa shape index (κ1) is 61.1. The van der Waals surface area contributed by atoms with Crippen LogP contribution in [0.5, 0.6) is 0 Å². The number of aromatic nitrogens is 4. The number of hydrogen-bond donors (Lipinski definition) is 2. The van der Waals surface area contributed by atoms with E-state index in [-0.39, 0.29) is 0 Å². The van der Waals surface area contributed by atoms with Crippen molar-refractivity contribution in [3.05, 3.63) is 344 Å². The Hall–Kier alpha value is -12.8. The summed E-state index contributed by atoms with van der Waals surface area (Å²) in [6.07, 6.45) is 0. The summed E-state index contributed by atoms with van der Waals surface area (Å²) in [4.78, 5) is 20.2. The number of benzene rings is 20. The predicted molar refractivity (Wildman–Crippen MR) is 441 cm³/mol. The smallest absolute Gasteiger partial charge is 0.423 e. The van der Waals surface area contributed by atoms with Gasteiger partial charge in [-0.15, -0.1) is 0 Å². The van der Waals surface area contributed by atoms with Crippen molar-refractivity contribution in [3.63, 3.8) is 0 Å². The summed E-state index contributed by atoms with van der Waals surface area (Å²) in [5.41, 5.74) is 18.5. The molecule has 22 aromatic rings. The third kappa shape index (κ3) is 10.2. The molecule has 0 spiro atoms. The van der Waals surface area contributed by atoms with Crippen LogP contribution in [0.4, 0.5) is 0 Å². The van der Waals surface area contributed by atoms with Crippen LogP contribution in [-0.4, -0.2) is 37.1 Å². The van der Waals surface area contributed by atoms with Gasteiger partial charge in [-0.2, -0.15) is 0 Å². The van der Waals surface area contributed by atoms with Crippen molar-refractivity contribution in [2.45, 2.75) is 0 Å². The molecule has 0 aliphatic carbocycles. The van der Waals surface area contributed by atoms with E-state index < -0.39 is 7.12 Å². The first-order valence-electron chi connectivity index (χ1n) is 35.1. The Morgan fingerprint density at radius 1 is 0.212 bits per heavy atom. The van der Waals surface area contributed by atoms with E-state index >= 15 is 0 Å². The van der Waals surface area contributed by atoms with Gasteiger partial charge in [0.25, 0.3) is 0 Å². The Balaban J connectivity index is 0.000000115. The minimum absolute atomic E-state index is 0.561. The van der Waals surface area contributed by atoms with Crippen molar-refractivity contribution in [1.29, 1.82) is 0 Å². The SMILES string of the molecule is Brc1cccc(-c2cc(-c3ccccc3)c3ccc4nc(-c5ccccc5)nc5ccc2c3c45)c1.OB(O)c1ccc2ccc3cccc4ccc1c2c34.c1ccc(-c2nc3ccc4c(-c5ccccc5)cc(-c5cccc(-c6ccc7ccc8cccc9ccc6c7c89)c5)c5ccc(n2)c3c45)cc1. The first-order chi connectivity index (χ1) is 51.3. The molecule has 6 nitrogen and oxygen atoms in total. The summed E-state index contributed by atoms with van der Waals surface area (Å²) in [7, 11) is -1.44. The van der Waals surface area contributed by atoms with Gasteiger partial charge < -0.3 is 10.0 Å². The van der Waals surface area contributed by atoms with Crippen LogP contribution in [0, 0.1) is 0 Å². The molecule has 0 saturated heterocycles. The molecule has 2 heterocycles. The molecule has 8 heteroatoms. The summed E-state index contributed by atoms with van der Waals surface area (Å²) in [6.45, 7) is 0. The second-order valence-corrected chi connectivity index (χ2v) is 27.9. The van der Waals surface area contributed by atoms with Gasteiger partial charge in [0, 0.05) is 37.1 Å². The van der Waals surface area contributed by atoms with Crippen molar-refractivity contribution in [2.75, 3.05) is 0 Å². The molecule has 484 valence electrons. The highest BCUT2D eigenvalue weighted by Crippen LogP contribution is 2.48. The van der Waals surface area contributed by atoms with Crippen molar-refractivity contribution < 1.29 is 10.0 Å². The topological polar surface area (TPSA) is 92.0 Å². The van der Waals surface area contributed by atoms with Gasteiger partial charge in [0.1, 0.15) is 0 Å². The lowest BCUT2D eigenvalue weighted by molar-refractivity contribution is 0.426. The first-order valence-corrected chi connectivity index (χ1v) is 35.9. The standard InChI is InChI=1S/C48H28N2.C32H19BrN2.C16H11BO2/c1-3-9-29(10-4-1)40-28-41(39-24-26-43-47-42(25-23-38(40)46(39)47)49-48(50-43)33-11-5-2-6-12-33)35-16-8-15-34(27-35)36-21-19-32-18-17-30-13-7-14-31-20-22-37(36)45(32)44(30)31;33-23-13-7-12-22(18-23)27-19-26(20-8-3-1-4-9-20)24-14-16-28-31-29(17-15-25(27)30(24)31)35-32(34-28)21-10-5-2-6-11-21;18-17(19)14-9-7-12-5-4-10-2-1-3-11-6-8-13(14)16(12)15(10)11/h1-28H;1-19H;1-9,18-19H. The third-order valence-corrected chi connectivity index (χ3v) is 21.6. The summed E-state index contributed by atoms with van der Waals surface area (Å²) >= 11 is 3.66. The number of hydrogen-bond acceptors (Lipinski definition) is 6. The molecular weight excluding hydrogens is 1330 g/mol. The summed E-state index contributed by atoms with van der Waals surface area (Å²) in [5.74, 6) is 1.51. The molecule has 0 aliphatic rings. The average Bonchev–Trinajstić information content (AvgIpc) is 0.733. The van der Waals surface area contributed by atoms with E-state index in [1.807, 2.05) is 60.7 Å². The Morgan fingerprint density at radius 3 is 0.952 bits per heavy atom. The van der Waals surface area contributed by atoms with Gasteiger partial charge in [0.05, 0.1) is 22.1 Å². The third-order valence-electron chi connectivity index (χ3n) is 21.1. The van der Waals surface area contributed by atoms with Crippen LogP contribution in [-0.2, 0) is 0 Å². The van der Waals surface area contributed by atoms with Gasteiger partial charge in [-0.3, -0.25) is 0 Å². The highest BCUT2D eigenvalue weighted by Gasteiger charge is 2.24.